The van der Waals surface area contributed by atoms with Gasteiger partial charge >= 0.3 is 0 Å². The van der Waals surface area contributed by atoms with Crippen LogP contribution in [-0.2, 0) is 4.79 Å². The van der Waals surface area contributed by atoms with Crippen LogP contribution >= 0.6 is 0 Å². The Morgan fingerprint density at radius 3 is 2.19 bits per heavy atom. The SMILES string of the molecule is COc1ccc(NC(=O)c2ccc(-c3ccc(NC(C)=O)c(C)c3)cc2)cc1C1CCN(C(C)C)CC1. The van der Waals surface area contributed by atoms with Gasteiger partial charge in [0.15, 0.2) is 0 Å². The Labute approximate surface area is 220 Å². The molecule has 2 N–H and O–H groups in total. The fourth-order valence-electron chi connectivity index (χ4n) is 5.05. The minimum atomic E-state index is -0.144. The summed E-state index contributed by atoms with van der Waals surface area (Å²) in [7, 11) is 1.71. The van der Waals surface area contributed by atoms with Crippen molar-refractivity contribution in [2.45, 2.75) is 52.5 Å². The summed E-state index contributed by atoms with van der Waals surface area (Å²) in [5.74, 6) is 1.06. The number of carbonyl (C=O) groups excluding carboxylic acids is 2. The number of nitrogens with zero attached hydrogens (tertiary/aromatic N) is 1. The molecule has 1 heterocycles. The minimum Gasteiger partial charge on any atom is -0.496 e. The number of amides is 2. The van der Waals surface area contributed by atoms with Crippen LogP contribution in [0.25, 0.3) is 11.1 Å². The van der Waals surface area contributed by atoms with Crippen molar-refractivity contribution in [3.8, 4) is 16.9 Å². The van der Waals surface area contributed by atoms with E-state index >= 15 is 0 Å². The van der Waals surface area contributed by atoms with Gasteiger partial charge in [-0.3, -0.25) is 9.59 Å². The van der Waals surface area contributed by atoms with E-state index in [2.05, 4.69) is 35.4 Å². The van der Waals surface area contributed by atoms with Crippen molar-refractivity contribution in [3.05, 3.63) is 77.4 Å². The van der Waals surface area contributed by atoms with Crippen LogP contribution in [0.15, 0.2) is 60.7 Å². The summed E-state index contributed by atoms with van der Waals surface area (Å²) < 4.78 is 5.66. The van der Waals surface area contributed by atoms with Gasteiger partial charge in [-0.25, -0.2) is 0 Å². The monoisotopic (exact) mass is 499 g/mol. The number of anilines is 2. The van der Waals surface area contributed by atoms with Crippen LogP contribution in [0.4, 0.5) is 11.4 Å². The summed E-state index contributed by atoms with van der Waals surface area (Å²) in [6.45, 7) is 10.1. The molecule has 0 saturated carbocycles. The van der Waals surface area contributed by atoms with Gasteiger partial charge in [0.2, 0.25) is 5.91 Å². The van der Waals surface area contributed by atoms with E-state index in [0.717, 1.165) is 65.3 Å². The quantitative estimate of drug-likeness (QED) is 0.391. The molecule has 3 aromatic rings. The number of methoxy groups -OCH3 is 1. The van der Waals surface area contributed by atoms with Gasteiger partial charge in [0.05, 0.1) is 7.11 Å². The second-order valence-electron chi connectivity index (χ2n) is 10.1. The Morgan fingerprint density at radius 1 is 0.919 bits per heavy atom. The molecular formula is C31H37N3O3. The van der Waals surface area contributed by atoms with Crippen molar-refractivity contribution in [3.63, 3.8) is 0 Å². The molecule has 6 nitrogen and oxygen atoms in total. The van der Waals surface area contributed by atoms with E-state index in [1.807, 2.05) is 61.5 Å². The highest BCUT2D eigenvalue weighted by molar-refractivity contribution is 6.04. The van der Waals surface area contributed by atoms with Crippen LogP contribution in [0, 0.1) is 6.92 Å². The average molecular weight is 500 g/mol. The smallest absolute Gasteiger partial charge is 0.255 e. The molecule has 0 unspecified atom stereocenters. The van der Waals surface area contributed by atoms with Gasteiger partial charge in [-0.05, 0) is 117 Å². The van der Waals surface area contributed by atoms with Gasteiger partial charge < -0.3 is 20.3 Å². The van der Waals surface area contributed by atoms with Crippen LogP contribution in [-0.4, -0.2) is 43.0 Å². The van der Waals surface area contributed by atoms with Crippen molar-refractivity contribution in [1.29, 1.82) is 0 Å². The van der Waals surface area contributed by atoms with E-state index in [-0.39, 0.29) is 11.8 Å². The number of benzene rings is 3. The Morgan fingerprint density at radius 2 is 1.59 bits per heavy atom. The number of hydrogen-bond donors (Lipinski definition) is 2. The topological polar surface area (TPSA) is 70.7 Å². The van der Waals surface area contributed by atoms with E-state index < -0.39 is 0 Å². The van der Waals surface area contributed by atoms with Crippen molar-refractivity contribution in [1.82, 2.24) is 4.90 Å². The maximum Gasteiger partial charge on any atom is 0.255 e. The van der Waals surface area contributed by atoms with Crippen molar-refractivity contribution >= 4 is 23.2 Å². The number of nitrogens with one attached hydrogen (secondary N) is 2. The third-order valence-corrected chi connectivity index (χ3v) is 7.20. The summed E-state index contributed by atoms with van der Waals surface area (Å²) in [6, 6.07) is 20.0. The first-order valence-corrected chi connectivity index (χ1v) is 13.0. The highest BCUT2D eigenvalue weighted by atomic mass is 16.5. The molecule has 37 heavy (non-hydrogen) atoms. The third kappa shape index (κ3) is 6.38. The van der Waals surface area contributed by atoms with Gasteiger partial charge in [0.25, 0.3) is 5.91 Å². The van der Waals surface area contributed by atoms with Crippen LogP contribution in [0.3, 0.4) is 0 Å². The maximum atomic E-state index is 13.0. The molecule has 0 bridgehead atoms. The highest BCUT2D eigenvalue weighted by Gasteiger charge is 2.24. The van der Waals surface area contributed by atoms with Crippen molar-refractivity contribution in [2.75, 3.05) is 30.8 Å². The van der Waals surface area contributed by atoms with Crippen LogP contribution < -0.4 is 15.4 Å². The van der Waals surface area contributed by atoms with Crippen LogP contribution in [0.1, 0.15) is 61.0 Å². The first-order chi connectivity index (χ1) is 17.7. The van der Waals surface area contributed by atoms with Crippen LogP contribution in [0.2, 0.25) is 0 Å². The zero-order valence-corrected chi connectivity index (χ0v) is 22.4. The first-order valence-electron chi connectivity index (χ1n) is 13.0. The zero-order valence-electron chi connectivity index (χ0n) is 22.4. The third-order valence-electron chi connectivity index (χ3n) is 7.20. The van der Waals surface area contributed by atoms with E-state index in [1.165, 1.54) is 6.92 Å². The molecule has 194 valence electrons. The Bertz CT molecular complexity index is 1260. The molecule has 1 aliphatic rings. The zero-order chi connectivity index (χ0) is 26.5. The molecule has 3 aromatic carbocycles. The number of likely N-dealkylation sites (tertiary alicyclic amines) is 1. The summed E-state index contributed by atoms with van der Waals surface area (Å²) in [6.07, 6.45) is 2.16. The molecule has 0 spiro atoms. The Balaban J connectivity index is 1.46. The summed E-state index contributed by atoms with van der Waals surface area (Å²) in [4.78, 5) is 26.9. The van der Waals surface area contributed by atoms with Crippen LogP contribution in [0.5, 0.6) is 5.75 Å². The Kier molecular flexibility index (Phi) is 8.29. The van der Waals surface area contributed by atoms with E-state index in [9.17, 15) is 9.59 Å². The normalized spacial score (nSPS) is 14.4. The minimum absolute atomic E-state index is 0.0910. The number of rotatable bonds is 7. The number of carbonyl (C=O) groups is 2. The van der Waals surface area contributed by atoms with Gasteiger partial charge in [0.1, 0.15) is 5.75 Å². The lowest BCUT2D eigenvalue weighted by molar-refractivity contribution is -0.114. The van der Waals surface area contributed by atoms with Gasteiger partial charge in [-0.2, -0.15) is 0 Å². The summed E-state index contributed by atoms with van der Waals surface area (Å²) in [5, 5.41) is 5.90. The lowest BCUT2D eigenvalue weighted by Gasteiger charge is -2.35. The van der Waals surface area contributed by atoms with Gasteiger partial charge in [0, 0.05) is 29.9 Å². The number of aryl methyl sites for hydroxylation is 1. The van der Waals surface area contributed by atoms with Gasteiger partial charge in [-0.1, -0.05) is 18.2 Å². The van der Waals surface area contributed by atoms with Crippen molar-refractivity contribution < 1.29 is 14.3 Å². The van der Waals surface area contributed by atoms with E-state index in [1.54, 1.807) is 7.11 Å². The second-order valence-corrected chi connectivity index (χ2v) is 10.1. The maximum absolute atomic E-state index is 13.0. The molecule has 1 fully saturated rings. The molecule has 0 atom stereocenters. The van der Waals surface area contributed by atoms with E-state index in [0.29, 0.717) is 17.5 Å². The number of ether oxygens (including phenoxy) is 1. The first kappa shape index (κ1) is 26.4. The number of piperidine rings is 1. The predicted molar refractivity (Wildman–Crippen MR) is 151 cm³/mol. The molecule has 6 heteroatoms. The molecule has 2 amide bonds. The predicted octanol–water partition coefficient (Wildman–Crippen LogP) is 6.47. The van der Waals surface area contributed by atoms with E-state index in [4.69, 9.17) is 4.74 Å². The molecule has 0 radical (unpaired) electrons. The Hall–Kier alpha value is -3.64. The molecular weight excluding hydrogens is 462 g/mol. The second kappa shape index (κ2) is 11.6. The molecule has 0 aliphatic carbocycles. The summed E-state index contributed by atoms with van der Waals surface area (Å²) in [5.41, 5.74) is 6.36. The van der Waals surface area contributed by atoms with Crippen molar-refractivity contribution in [2.24, 2.45) is 0 Å². The largest absolute Gasteiger partial charge is 0.496 e. The van der Waals surface area contributed by atoms with Gasteiger partial charge in [-0.15, -0.1) is 0 Å². The lowest BCUT2D eigenvalue weighted by Crippen LogP contribution is -2.37. The fraction of sp³-hybridized carbons (Fsp3) is 0.355. The molecule has 0 aromatic heterocycles. The number of hydrogen-bond acceptors (Lipinski definition) is 4. The molecule has 1 aliphatic heterocycles. The summed E-state index contributed by atoms with van der Waals surface area (Å²) >= 11 is 0. The highest BCUT2D eigenvalue weighted by Crippen LogP contribution is 2.36. The standard InChI is InChI=1S/C31H37N3O3/c1-20(2)34-16-14-24(15-17-34)28-19-27(11-13-30(28)37-5)33-31(36)25-8-6-23(7-9-25)26-10-12-29(21(3)18-26)32-22(4)35/h6-13,18-20,24H,14-17H2,1-5H3,(H,32,35)(H,33,36). The lowest BCUT2D eigenvalue weighted by atomic mass is 9.88. The molecule has 4 rings (SSSR count). The average Bonchev–Trinajstić information content (AvgIpc) is 2.89. The fourth-order valence-corrected chi connectivity index (χ4v) is 5.05. The molecule has 1 saturated heterocycles.